The van der Waals surface area contributed by atoms with Crippen molar-refractivity contribution < 1.29 is 0 Å². The van der Waals surface area contributed by atoms with Crippen LogP contribution >= 0.6 is 0 Å². The van der Waals surface area contributed by atoms with Crippen molar-refractivity contribution in [3.8, 4) is 0 Å². The van der Waals surface area contributed by atoms with Gasteiger partial charge in [-0.2, -0.15) is 0 Å². The number of nitrogens with one attached hydrogen (secondary N) is 2. The third kappa shape index (κ3) is 2.70. The molecule has 2 rings (SSSR count). The molecular weight excluding hydrogens is 200 g/mol. The highest BCUT2D eigenvalue weighted by Crippen LogP contribution is 2.13. The SMILES string of the molecule is Cc1cc(C)nc(N[C@H]2CCCNC2C)n1. The van der Waals surface area contributed by atoms with Crippen LogP contribution in [0.25, 0.3) is 0 Å². The van der Waals surface area contributed by atoms with Gasteiger partial charge in [0.05, 0.1) is 0 Å². The maximum atomic E-state index is 4.41. The molecule has 2 N–H and O–H groups in total. The molecule has 1 aliphatic rings. The Morgan fingerprint density at radius 2 is 2.00 bits per heavy atom. The van der Waals surface area contributed by atoms with Crippen molar-refractivity contribution in [2.75, 3.05) is 11.9 Å². The standard InChI is InChI=1S/C12H20N4/c1-8-7-9(2)15-12(14-8)16-11-5-4-6-13-10(11)3/h7,10-11,13H,4-6H2,1-3H3,(H,14,15,16)/t10?,11-/m0/s1. The summed E-state index contributed by atoms with van der Waals surface area (Å²) in [6, 6.07) is 2.92. The monoisotopic (exact) mass is 220 g/mol. The molecule has 4 heteroatoms. The van der Waals surface area contributed by atoms with Gasteiger partial charge in [-0.1, -0.05) is 0 Å². The number of anilines is 1. The van der Waals surface area contributed by atoms with E-state index in [2.05, 4.69) is 27.5 Å². The molecule has 1 aromatic rings. The maximum absolute atomic E-state index is 4.41. The minimum Gasteiger partial charge on any atom is -0.350 e. The number of nitrogens with zero attached hydrogens (tertiary/aromatic N) is 2. The summed E-state index contributed by atoms with van der Waals surface area (Å²) >= 11 is 0. The van der Waals surface area contributed by atoms with E-state index in [0.29, 0.717) is 12.1 Å². The van der Waals surface area contributed by atoms with E-state index in [4.69, 9.17) is 0 Å². The van der Waals surface area contributed by atoms with Crippen molar-refractivity contribution in [1.82, 2.24) is 15.3 Å². The normalized spacial score (nSPS) is 25.4. The van der Waals surface area contributed by atoms with Crippen molar-refractivity contribution in [3.05, 3.63) is 17.5 Å². The molecule has 4 nitrogen and oxygen atoms in total. The van der Waals surface area contributed by atoms with E-state index in [-0.39, 0.29) is 0 Å². The lowest BCUT2D eigenvalue weighted by atomic mass is 10.0. The van der Waals surface area contributed by atoms with Crippen molar-refractivity contribution in [3.63, 3.8) is 0 Å². The number of piperidine rings is 1. The van der Waals surface area contributed by atoms with Crippen molar-refractivity contribution in [2.24, 2.45) is 0 Å². The molecule has 0 bridgehead atoms. The molecule has 0 aromatic carbocycles. The summed E-state index contributed by atoms with van der Waals surface area (Å²) in [5.74, 6) is 0.762. The molecule has 0 saturated carbocycles. The van der Waals surface area contributed by atoms with Crippen molar-refractivity contribution in [2.45, 2.75) is 45.7 Å². The third-order valence-corrected chi connectivity index (χ3v) is 3.06. The molecule has 0 spiro atoms. The Kier molecular flexibility index (Phi) is 3.39. The Bertz CT molecular complexity index is 344. The zero-order chi connectivity index (χ0) is 11.5. The van der Waals surface area contributed by atoms with Crippen LogP contribution in [0.5, 0.6) is 0 Å². The lowest BCUT2D eigenvalue weighted by Gasteiger charge is -2.30. The van der Waals surface area contributed by atoms with E-state index in [0.717, 1.165) is 23.9 Å². The second-order valence-electron chi connectivity index (χ2n) is 4.61. The number of rotatable bonds is 2. The van der Waals surface area contributed by atoms with Gasteiger partial charge in [0.2, 0.25) is 5.95 Å². The first-order valence-corrected chi connectivity index (χ1v) is 5.97. The van der Waals surface area contributed by atoms with Crippen LogP contribution in [0.15, 0.2) is 6.07 Å². The van der Waals surface area contributed by atoms with Crippen LogP contribution in [0.2, 0.25) is 0 Å². The summed E-state index contributed by atoms with van der Waals surface area (Å²) in [6.45, 7) is 7.33. The van der Waals surface area contributed by atoms with Crippen molar-refractivity contribution in [1.29, 1.82) is 0 Å². The summed E-state index contributed by atoms with van der Waals surface area (Å²) in [6.07, 6.45) is 2.40. The molecule has 1 aromatic heterocycles. The molecule has 1 fully saturated rings. The summed E-state index contributed by atoms with van der Waals surface area (Å²) in [5, 5.41) is 6.89. The Morgan fingerprint density at radius 1 is 1.31 bits per heavy atom. The molecule has 1 aliphatic heterocycles. The molecule has 2 heterocycles. The number of hydrogen-bond donors (Lipinski definition) is 2. The summed E-state index contributed by atoms with van der Waals surface area (Å²) in [4.78, 5) is 8.83. The van der Waals surface area contributed by atoms with Gasteiger partial charge in [-0.15, -0.1) is 0 Å². The smallest absolute Gasteiger partial charge is 0.223 e. The van der Waals surface area contributed by atoms with Crippen LogP contribution in [0.1, 0.15) is 31.2 Å². The zero-order valence-electron chi connectivity index (χ0n) is 10.2. The second-order valence-corrected chi connectivity index (χ2v) is 4.61. The second kappa shape index (κ2) is 4.78. The molecule has 1 unspecified atom stereocenters. The average Bonchev–Trinajstić information content (AvgIpc) is 2.20. The maximum Gasteiger partial charge on any atom is 0.223 e. The topological polar surface area (TPSA) is 49.8 Å². The highest BCUT2D eigenvalue weighted by Gasteiger charge is 2.21. The molecular formula is C12H20N4. The molecule has 2 atom stereocenters. The number of aryl methyl sites for hydroxylation is 2. The summed E-state index contributed by atoms with van der Waals surface area (Å²) < 4.78 is 0. The minimum absolute atomic E-state index is 0.440. The fourth-order valence-electron chi connectivity index (χ4n) is 2.20. The molecule has 88 valence electrons. The van der Waals surface area contributed by atoms with Gasteiger partial charge < -0.3 is 10.6 Å². The van der Waals surface area contributed by atoms with Crippen molar-refractivity contribution >= 4 is 5.95 Å². The molecule has 16 heavy (non-hydrogen) atoms. The van der Waals surface area contributed by atoms with Crippen LogP contribution in [0.3, 0.4) is 0 Å². The predicted octanol–water partition coefficient (Wildman–Crippen LogP) is 1.65. The van der Waals surface area contributed by atoms with Crippen LogP contribution in [-0.4, -0.2) is 28.6 Å². The Hall–Kier alpha value is -1.16. The van der Waals surface area contributed by atoms with E-state index in [1.54, 1.807) is 0 Å². The van der Waals surface area contributed by atoms with E-state index in [1.807, 2.05) is 19.9 Å². The van der Waals surface area contributed by atoms with Crippen LogP contribution in [-0.2, 0) is 0 Å². The zero-order valence-corrected chi connectivity index (χ0v) is 10.2. The fraction of sp³-hybridized carbons (Fsp3) is 0.667. The first-order valence-electron chi connectivity index (χ1n) is 5.97. The van der Waals surface area contributed by atoms with Gasteiger partial charge in [0, 0.05) is 23.5 Å². The van der Waals surface area contributed by atoms with E-state index in [1.165, 1.54) is 12.8 Å². The quantitative estimate of drug-likeness (QED) is 0.795. The Morgan fingerprint density at radius 3 is 2.62 bits per heavy atom. The predicted molar refractivity (Wildman–Crippen MR) is 65.6 cm³/mol. The minimum atomic E-state index is 0.440. The van der Waals surface area contributed by atoms with Crippen LogP contribution in [0, 0.1) is 13.8 Å². The summed E-state index contributed by atoms with van der Waals surface area (Å²) in [5.41, 5.74) is 2.04. The molecule has 0 radical (unpaired) electrons. The van der Waals surface area contributed by atoms with E-state index >= 15 is 0 Å². The average molecular weight is 220 g/mol. The molecule has 0 aliphatic carbocycles. The number of hydrogen-bond acceptors (Lipinski definition) is 4. The van der Waals surface area contributed by atoms with Gasteiger partial charge in [0.1, 0.15) is 0 Å². The van der Waals surface area contributed by atoms with Gasteiger partial charge in [-0.3, -0.25) is 0 Å². The van der Waals surface area contributed by atoms with E-state index < -0.39 is 0 Å². The third-order valence-electron chi connectivity index (χ3n) is 3.06. The molecule has 0 amide bonds. The van der Waals surface area contributed by atoms with Gasteiger partial charge in [-0.05, 0) is 46.2 Å². The van der Waals surface area contributed by atoms with E-state index in [9.17, 15) is 0 Å². The van der Waals surface area contributed by atoms with Gasteiger partial charge in [0.15, 0.2) is 0 Å². The van der Waals surface area contributed by atoms with Gasteiger partial charge >= 0.3 is 0 Å². The lowest BCUT2D eigenvalue weighted by molar-refractivity contribution is 0.388. The highest BCUT2D eigenvalue weighted by molar-refractivity contribution is 5.29. The molecule has 1 saturated heterocycles. The highest BCUT2D eigenvalue weighted by atomic mass is 15.1. The Balaban J connectivity index is 2.07. The number of aromatic nitrogens is 2. The largest absolute Gasteiger partial charge is 0.350 e. The van der Waals surface area contributed by atoms with Gasteiger partial charge in [-0.25, -0.2) is 9.97 Å². The lowest BCUT2D eigenvalue weighted by Crippen LogP contribution is -2.46. The fourth-order valence-corrected chi connectivity index (χ4v) is 2.20. The van der Waals surface area contributed by atoms with Crippen LogP contribution in [0.4, 0.5) is 5.95 Å². The summed E-state index contributed by atoms with van der Waals surface area (Å²) in [7, 11) is 0. The first-order chi connectivity index (χ1) is 7.65. The van der Waals surface area contributed by atoms with Gasteiger partial charge in [0.25, 0.3) is 0 Å². The first kappa shape index (κ1) is 11.3. The van der Waals surface area contributed by atoms with Crippen LogP contribution < -0.4 is 10.6 Å². The Labute approximate surface area is 96.9 Å².